The monoisotopic (exact) mass is 347 g/mol. The van der Waals surface area contributed by atoms with Crippen molar-refractivity contribution < 1.29 is 13.6 Å². The average Bonchev–Trinajstić information content (AvgIpc) is 3.17. The van der Waals surface area contributed by atoms with Crippen molar-refractivity contribution in [2.45, 2.75) is 13.5 Å². The number of hydrogen-bond donors (Lipinski definition) is 1. The van der Waals surface area contributed by atoms with Crippen LogP contribution in [0.2, 0.25) is 0 Å². The number of aromatic nitrogens is 2. The van der Waals surface area contributed by atoms with Crippen molar-refractivity contribution in [3.05, 3.63) is 64.7 Å². The van der Waals surface area contributed by atoms with Gasteiger partial charge in [0.15, 0.2) is 0 Å². The van der Waals surface area contributed by atoms with Crippen molar-refractivity contribution >= 4 is 17.2 Å². The largest absolute Gasteiger partial charge is 0.350 e. The number of nitrogens with one attached hydrogen (secondary N) is 1. The first kappa shape index (κ1) is 16.3. The van der Waals surface area contributed by atoms with Crippen molar-refractivity contribution in [3.8, 4) is 10.6 Å². The van der Waals surface area contributed by atoms with Crippen LogP contribution in [-0.2, 0) is 6.54 Å². The van der Waals surface area contributed by atoms with Gasteiger partial charge in [-0.2, -0.15) is 5.10 Å². The molecule has 0 atom stereocenters. The predicted molar refractivity (Wildman–Crippen MR) is 89.0 cm³/mol. The standard InChI is InChI=1S/C17H15F2N3OS/c1-11-10-14(15-6-3-9-24-15)21-22(11)8-7-20-17(23)16-12(18)4-2-5-13(16)19/h2-6,9-10H,7-8H2,1H3,(H,20,23). The Morgan fingerprint density at radius 1 is 1.25 bits per heavy atom. The van der Waals surface area contributed by atoms with Crippen LogP contribution in [0, 0.1) is 18.6 Å². The van der Waals surface area contributed by atoms with E-state index in [0.717, 1.165) is 28.4 Å². The minimum absolute atomic E-state index is 0.221. The van der Waals surface area contributed by atoms with E-state index in [1.165, 1.54) is 6.07 Å². The molecule has 1 amide bonds. The van der Waals surface area contributed by atoms with Gasteiger partial charge in [-0.3, -0.25) is 9.48 Å². The van der Waals surface area contributed by atoms with Gasteiger partial charge in [-0.25, -0.2) is 8.78 Å². The summed E-state index contributed by atoms with van der Waals surface area (Å²) in [6.45, 7) is 2.56. The molecule has 1 aromatic carbocycles. The Hall–Kier alpha value is -2.54. The Morgan fingerprint density at radius 2 is 2.00 bits per heavy atom. The first-order chi connectivity index (χ1) is 11.6. The molecule has 0 aliphatic heterocycles. The highest BCUT2D eigenvalue weighted by atomic mass is 32.1. The maximum atomic E-state index is 13.6. The summed E-state index contributed by atoms with van der Waals surface area (Å²) in [5.41, 5.74) is 1.26. The molecule has 24 heavy (non-hydrogen) atoms. The maximum absolute atomic E-state index is 13.6. The summed E-state index contributed by atoms with van der Waals surface area (Å²) in [4.78, 5) is 13.0. The molecule has 1 N–H and O–H groups in total. The Bertz CT molecular complexity index is 839. The van der Waals surface area contributed by atoms with Crippen LogP contribution in [0.1, 0.15) is 16.1 Å². The van der Waals surface area contributed by atoms with Crippen LogP contribution < -0.4 is 5.32 Å². The first-order valence-corrected chi connectivity index (χ1v) is 8.25. The summed E-state index contributed by atoms with van der Waals surface area (Å²) in [5, 5.41) is 8.99. The van der Waals surface area contributed by atoms with E-state index in [1.807, 2.05) is 30.5 Å². The molecule has 4 nitrogen and oxygen atoms in total. The van der Waals surface area contributed by atoms with Crippen molar-refractivity contribution in [2.24, 2.45) is 0 Å². The molecular formula is C17H15F2N3OS. The molecule has 124 valence electrons. The molecular weight excluding hydrogens is 332 g/mol. The third kappa shape index (κ3) is 3.35. The minimum Gasteiger partial charge on any atom is -0.350 e. The molecule has 0 saturated carbocycles. The normalized spacial score (nSPS) is 10.8. The van der Waals surface area contributed by atoms with Gasteiger partial charge in [0.05, 0.1) is 11.4 Å². The number of aryl methyl sites for hydroxylation is 1. The second kappa shape index (κ2) is 6.92. The number of benzene rings is 1. The van der Waals surface area contributed by atoms with E-state index in [0.29, 0.717) is 6.54 Å². The van der Waals surface area contributed by atoms with Crippen molar-refractivity contribution in [2.75, 3.05) is 6.54 Å². The van der Waals surface area contributed by atoms with E-state index < -0.39 is 23.1 Å². The Labute approximate surface area is 141 Å². The van der Waals surface area contributed by atoms with Crippen molar-refractivity contribution in [3.63, 3.8) is 0 Å². The van der Waals surface area contributed by atoms with Gasteiger partial charge in [0.25, 0.3) is 5.91 Å². The fourth-order valence-corrected chi connectivity index (χ4v) is 3.04. The minimum atomic E-state index is -0.872. The van der Waals surface area contributed by atoms with Crippen LogP contribution in [0.3, 0.4) is 0 Å². The lowest BCUT2D eigenvalue weighted by molar-refractivity contribution is 0.0943. The second-order valence-corrected chi connectivity index (χ2v) is 6.17. The number of hydrogen-bond acceptors (Lipinski definition) is 3. The molecule has 0 radical (unpaired) electrons. The van der Waals surface area contributed by atoms with Gasteiger partial charge in [0.2, 0.25) is 0 Å². The zero-order chi connectivity index (χ0) is 17.1. The molecule has 0 unspecified atom stereocenters. The van der Waals surface area contributed by atoms with Crippen LogP contribution in [0.25, 0.3) is 10.6 Å². The number of carbonyl (C=O) groups excluding carboxylic acids is 1. The van der Waals surface area contributed by atoms with Gasteiger partial charge >= 0.3 is 0 Å². The zero-order valence-electron chi connectivity index (χ0n) is 12.9. The van der Waals surface area contributed by atoms with Gasteiger partial charge in [-0.1, -0.05) is 12.1 Å². The average molecular weight is 347 g/mol. The molecule has 0 aliphatic carbocycles. The lowest BCUT2D eigenvalue weighted by Crippen LogP contribution is -2.29. The number of thiophene rings is 1. The van der Waals surface area contributed by atoms with Gasteiger partial charge in [-0.15, -0.1) is 11.3 Å². The Balaban J connectivity index is 1.64. The molecule has 2 heterocycles. The van der Waals surface area contributed by atoms with E-state index in [2.05, 4.69) is 10.4 Å². The van der Waals surface area contributed by atoms with E-state index in [9.17, 15) is 13.6 Å². The highest BCUT2D eigenvalue weighted by Crippen LogP contribution is 2.23. The summed E-state index contributed by atoms with van der Waals surface area (Å²) in [6, 6.07) is 9.24. The molecule has 0 saturated heterocycles. The Kier molecular flexibility index (Phi) is 4.71. The predicted octanol–water partition coefficient (Wildman–Crippen LogP) is 3.63. The molecule has 2 aromatic heterocycles. The summed E-state index contributed by atoms with van der Waals surface area (Å²) < 4.78 is 28.9. The van der Waals surface area contributed by atoms with Gasteiger partial charge < -0.3 is 5.32 Å². The van der Waals surface area contributed by atoms with Crippen molar-refractivity contribution in [1.29, 1.82) is 0 Å². The molecule has 0 spiro atoms. The molecule has 0 aliphatic rings. The highest BCUT2D eigenvalue weighted by Gasteiger charge is 2.16. The number of carbonyl (C=O) groups is 1. The van der Waals surface area contributed by atoms with Crippen LogP contribution in [0.4, 0.5) is 8.78 Å². The molecule has 3 rings (SSSR count). The van der Waals surface area contributed by atoms with E-state index in [4.69, 9.17) is 0 Å². The number of halogens is 2. The van der Waals surface area contributed by atoms with Crippen LogP contribution in [-0.4, -0.2) is 22.2 Å². The lowest BCUT2D eigenvalue weighted by atomic mass is 10.2. The van der Waals surface area contributed by atoms with E-state index in [1.54, 1.807) is 16.0 Å². The Morgan fingerprint density at radius 3 is 2.67 bits per heavy atom. The quantitative estimate of drug-likeness (QED) is 0.766. The number of rotatable bonds is 5. The molecule has 0 fully saturated rings. The van der Waals surface area contributed by atoms with E-state index in [-0.39, 0.29) is 6.54 Å². The van der Waals surface area contributed by atoms with Gasteiger partial charge in [-0.05, 0) is 36.6 Å². The SMILES string of the molecule is Cc1cc(-c2cccs2)nn1CCNC(=O)c1c(F)cccc1F. The lowest BCUT2D eigenvalue weighted by Gasteiger charge is -2.08. The first-order valence-electron chi connectivity index (χ1n) is 7.37. The van der Waals surface area contributed by atoms with Crippen LogP contribution >= 0.6 is 11.3 Å². The van der Waals surface area contributed by atoms with E-state index >= 15 is 0 Å². The molecule has 7 heteroatoms. The van der Waals surface area contributed by atoms with Gasteiger partial charge in [0.1, 0.15) is 22.9 Å². The molecule has 3 aromatic rings. The topological polar surface area (TPSA) is 46.9 Å². The van der Waals surface area contributed by atoms with Crippen molar-refractivity contribution in [1.82, 2.24) is 15.1 Å². The summed E-state index contributed by atoms with van der Waals surface area (Å²) in [6.07, 6.45) is 0. The summed E-state index contributed by atoms with van der Waals surface area (Å²) in [5.74, 6) is -2.51. The second-order valence-electron chi connectivity index (χ2n) is 5.22. The fourth-order valence-electron chi connectivity index (χ4n) is 2.36. The number of amides is 1. The fraction of sp³-hybridized carbons (Fsp3) is 0.176. The highest BCUT2D eigenvalue weighted by molar-refractivity contribution is 7.13. The third-order valence-electron chi connectivity index (χ3n) is 3.55. The van der Waals surface area contributed by atoms with Gasteiger partial charge in [0, 0.05) is 12.2 Å². The van der Waals surface area contributed by atoms with Crippen LogP contribution in [0.15, 0.2) is 41.8 Å². The summed E-state index contributed by atoms with van der Waals surface area (Å²) in [7, 11) is 0. The van der Waals surface area contributed by atoms with Crippen LogP contribution in [0.5, 0.6) is 0 Å². The third-order valence-corrected chi connectivity index (χ3v) is 4.45. The zero-order valence-corrected chi connectivity index (χ0v) is 13.7. The molecule has 0 bridgehead atoms. The number of nitrogens with zero attached hydrogens (tertiary/aromatic N) is 2. The maximum Gasteiger partial charge on any atom is 0.257 e. The smallest absolute Gasteiger partial charge is 0.257 e. The summed E-state index contributed by atoms with van der Waals surface area (Å²) >= 11 is 1.60.